The molecule has 25 heavy (non-hydrogen) atoms. The predicted octanol–water partition coefficient (Wildman–Crippen LogP) is 4.42. The van der Waals surface area contributed by atoms with Crippen LogP contribution in [0.25, 0.3) is 16.6 Å². The molecule has 128 valence electrons. The Bertz CT molecular complexity index is 1010. The molecule has 0 spiro atoms. The highest BCUT2D eigenvalue weighted by atomic mass is 35.5. The molecule has 0 aliphatic rings. The second-order valence-electron chi connectivity index (χ2n) is 5.66. The summed E-state index contributed by atoms with van der Waals surface area (Å²) in [5, 5.41) is 1.52. The van der Waals surface area contributed by atoms with Crippen LogP contribution in [0.5, 0.6) is 0 Å². The smallest absolute Gasteiger partial charge is 0.266 e. The topological polar surface area (TPSA) is 52.0 Å². The van der Waals surface area contributed by atoms with Crippen LogP contribution in [0.1, 0.15) is 18.9 Å². The molecule has 6 heteroatoms. The van der Waals surface area contributed by atoms with Crippen LogP contribution in [0.4, 0.5) is 0 Å². The van der Waals surface area contributed by atoms with E-state index >= 15 is 0 Å². The normalized spacial score (nSPS) is 11.0. The number of Topliss-reactive ketones (excluding diaryl/α,β-unsaturated/α-hetero) is 1. The average molecular weight is 373 g/mol. The molecule has 4 nitrogen and oxygen atoms in total. The maximum Gasteiger partial charge on any atom is 0.266 e. The molecule has 3 aromatic rings. The van der Waals surface area contributed by atoms with E-state index in [4.69, 9.17) is 11.6 Å². The lowest BCUT2D eigenvalue weighted by Crippen LogP contribution is -2.23. The second kappa shape index (κ2) is 7.42. The van der Waals surface area contributed by atoms with Gasteiger partial charge in [-0.1, -0.05) is 48.5 Å². The number of ketones is 1. The van der Waals surface area contributed by atoms with Crippen molar-refractivity contribution in [3.05, 3.63) is 63.4 Å². The number of halogens is 1. The van der Waals surface area contributed by atoms with Gasteiger partial charge in [0, 0.05) is 11.4 Å². The molecule has 0 saturated heterocycles. The maximum absolute atomic E-state index is 13.1. The van der Waals surface area contributed by atoms with Gasteiger partial charge in [0.05, 0.1) is 22.3 Å². The van der Waals surface area contributed by atoms with Crippen LogP contribution in [-0.4, -0.2) is 21.1 Å². The summed E-state index contributed by atoms with van der Waals surface area (Å²) in [4.78, 5) is 29.5. The van der Waals surface area contributed by atoms with Crippen molar-refractivity contribution in [3.8, 4) is 5.69 Å². The number of carbonyl (C=O) groups excluding carboxylic acids is 1. The summed E-state index contributed by atoms with van der Waals surface area (Å²) in [7, 11) is 0. The van der Waals surface area contributed by atoms with E-state index in [1.54, 1.807) is 22.8 Å². The van der Waals surface area contributed by atoms with Crippen molar-refractivity contribution in [2.75, 3.05) is 5.75 Å². The van der Waals surface area contributed by atoms with Crippen LogP contribution >= 0.6 is 23.4 Å². The highest BCUT2D eigenvalue weighted by Crippen LogP contribution is 2.24. The van der Waals surface area contributed by atoms with E-state index in [0.717, 1.165) is 11.3 Å². The first kappa shape index (κ1) is 17.7. The quantitative estimate of drug-likeness (QED) is 0.491. The Hall–Kier alpha value is -2.11. The summed E-state index contributed by atoms with van der Waals surface area (Å²) < 4.78 is 1.58. The van der Waals surface area contributed by atoms with Crippen LogP contribution < -0.4 is 5.56 Å². The van der Waals surface area contributed by atoms with Gasteiger partial charge in [-0.25, -0.2) is 4.98 Å². The van der Waals surface area contributed by atoms with Gasteiger partial charge in [-0.15, -0.1) is 0 Å². The van der Waals surface area contributed by atoms with Gasteiger partial charge < -0.3 is 0 Å². The lowest BCUT2D eigenvalue weighted by molar-refractivity contribution is -0.116. The van der Waals surface area contributed by atoms with Gasteiger partial charge >= 0.3 is 0 Å². The highest BCUT2D eigenvalue weighted by molar-refractivity contribution is 7.99. The molecule has 0 atom stereocenters. The molecule has 1 aromatic heterocycles. The van der Waals surface area contributed by atoms with Crippen molar-refractivity contribution in [3.63, 3.8) is 0 Å². The Morgan fingerprint density at radius 2 is 2.00 bits per heavy atom. The lowest BCUT2D eigenvalue weighted by Gasteiger charge is -2.15. The molecule has 0 bridgehead atoms. The van der Waals surface area contributed by atoms with E-state index in [0.29, 0.717) is 27.5 Å². The van der Waals surface area contributed by atoms with E-state index in [1.807, 2.05) is 38.1 Å². The Morgan fingerprint density at radius 3 is 2.72 bits per heavy atom. The van der Waals surface area contributed by atoms with Crippen LogP contribution in [0.2, 0.25) is 5.02 Å². The van der Waals surface area contributed by atoms with Crippen molar-refractivity contribution in [1.82, 2.24) is 9.55 Å². The van der Waals surface area contributed by atoms with Gasteiger partial charge in [-0.05, 0) is 36.8 Å². The van der Waals surface area contributed by atoms with Gasteiger partial charge in [0.25, 0.3) is 5.56 Å². The first-order valence-electron chi connectivity index (χ1n) is 7.94. The van der Waals surface area contributed by atoms with Crippen molar-refractivity contribution >= 4 is 40.0 Å². The van der Waals surface area contributed by atoms with E-state index in [-0.39, 0.29) is 17.1 Å². The van der Waals surface area contributed by atoms with Gasteiger partial charge in [0.2, 0.25) is 0 Å². The number of thioether (sulfide) groups is 1. The zero-order valence-corrected chi connectivity index (χ0v) is 15.5. The van der Waals surface area contributed by atoms with Crippen LogP contribution in [0, 0.1) is 6.92 Å². The predicted molar refractivity (Wildman–Crippen MR) is 103 cm³/mol. The van der Waals surface area contributed by atoms with Crippen molar-refractivity contribution in [1.29, 1.82) is 0 Å². The molecule has 3 rings (SSSR count). The standard InChI is InChI=1S/C19H17ClN2O2S/c1-3-14(23)11-25-19-21-16-10-13(20)8-9-15(16)18(24)22(19)17-7-5-4-6-12(17)2/h4-10H,3,11H2,1-2H3. The molecule has 0 fully saturated rings. The number of hydrogen-bond acceptors (Lipinski definition) is 4. The summed E-state index contributed by atoms with van der Waals surface area (Å²) in [6.45, 7) is 3.77. The first-order valence-corrected chi connectivity index (χ1v) is 9.30. The minimum atomic E-state index is -0.164. The zero-order chi connectivity index (χ0) is 18.0. The molecule has 0 saturated carbocycles. The molecular weight excluding hydrogens is 356 g/mol. The van der Waals surface area contributed by atoms with Gasteiger partial charge in [0.1, 0.15) is 5.78 Å². The van der Waals surface area contributed by atoms with Crippen molar-refractivity contribution < 1.29 is 4.79 Å². The Labute approximate surface area is 154 Å². The Balaban J connectivity index is 2.26. The molecule has 0 amide bonds. The number of nitrogens with zero attached hydrogens (tertiary/aromatic N) is 2. The average Bonchev–Trinajstić information content (AvgIpc) is 2.60. The van der Waals surface area contributed by atoms with Gasteiger partial charge in [-0.3, -0.25) is 14.2 Å². The summed E-state index contributed by atoms with van der Waals surface area (Å²) in [5.74, 6) is 0.391. The Morgan fingerprint density at radius 1 is 1.24 bits per heavy atom. The van der Waals surface area contributed by atoms with E-state index in [9.17, 15) is 9.59 Å². The third-order valence-electron chi connectivity index (χ3n) is 3.91. The second-order valence-corrected chi connectivity index (χ2v) is 7.04. The number of fused-ring (bicyclic) bond motifs is 1. The molecule has 0 unspecified atom stereocenters. The van der Waals surface area contributed by atoms with Crippen LogP contribution in [0.15, 0.2) is 52.4 Å². The minimum absolute atomic E-state index is 0.113. The summed E-state index contributed by atoms with van der Waals surface area (Å²) in [5.41, 5.74) is 2.10. The SMILES string of the molecule is CCC(=O)CSc1nc2cc(Cl)ccc2c(=O)n1-c1ccccc1C. The number of aryl methyl sites for hydroxylation is 1. The Kier molecular flexibility index (Phi) is 5.25. The van der Waals surface area contributed by atoms with E-state index in [2.05, 4.69) is 4.98 Å². The molecule has 0 N–H and O–H groups in total. The van der Waals surface area contributed by atoms with Crippen molar-refractivity contribution in [2.24, 2.45) is 0 Å². The number of benzene rings is 2. The number of aromatic nitrogens is 2. The first-order chi connectivity index (χ1) is 12.0. The third-order valence-corrected chi connectivity index (χ3v) is 5.15. The molecule has 2 aromatic carbocycles. The van der Waals surface area contributed by atoms with Gasteiger partial charge in [-0.2, -0.15) is 0 Å². The lowest BCUT2D eigenvalue weighted by atomic mass is 10.2. The largest absolute Gasteiger partial charge is 0.299 e. The number of carbonyl (C=O) groups is 1. The molecule has 0 aliphatic carbocycles. The van der Waals surface area contributed by atoms with E-state index < -0.39 is 0 Å². The molecule has 0 radical (unpaired) electrons. The summed E-state index contributed by atoms with van der Waals surface area (Å²) in [6, 6.07) is 12.7. The fraction of sp³-hybridized carbons (Fsp3) is 0.211. The van der Waals surface area contributed by atoms with Gasteiger partial charge in [0.15, 0.2) is 5.16 Å². The number of rotatable bonds is 5. The molecular formula is C19H17ClN2O2S. The van der Waals surface area contributed by atoms with Crippen LogP contribution in [0.3, 0.4) is 0 Å². The fourth-order valence-electron chi connectivity index (χ4n) is 2.51. The fourth-order valence-corrected chi connectivity index (χ4v) is 3.64. The zero-order valence-electron chi connectivity index (χ0n) is 14.0. The number of para-hydroxylation sites is 1. The monoisotopic (exact) mass is 372 g/mol. The van der Waals surface area contributed by atoms with Crippen LogP contribution in [-0.2, 0) is 4.79 Å². The van der Waals surface area contributed by atoms with E-state index in [1.165, 1.54) is 11.8 Å². The molecule has 1 heterocycles. The third kappa shape index (κ3) is 3.62. The summed E-state index contributed by atoms with van der Waals surface area (Å²) in [6.07, 6.45) is 0.459. The highest BCUT2D eigenvalue weighted by Gasteiger charge is 2.15. The number of hydrogen-bond donors (Lipinski definition) is 0. The summed E-state index contributed by atoms with van der Waals surface area (Å²) >= 11 is 7.32. The minimum Gasteiger partial charge on any atom is -0.299 e. The maximum atomic E-state index is 13.1. The van der Waals surface area contributed by atoms with Crippen molar-refractivity contribution in [2.45, 2.75) is 25.4 Å². The molecule has 0 aliphatic heterocycles.